The van der Waals surface area contributed by atoms with Crippen LogP contribution < -0.4 is 10.1 Å². The van der Waals surface area contributed by atoms with Gasteiger partial charge in [-0.15, -0.1) is 0 Å². The summed E-state index contributed by atoms with van der Waals surface area (Å²) in [5, 5.41) is 2.70. The number of halogens is 1. The Bertz CT molecular complexity index is 596. The van der Waals surface area contributed by atoms with Gasteiger partial charge in [-0.05, 0) is 19.4 Å². The molecule has 1 amide bonds. The number of amides is 1. The molecule has 6 nitrogen and oxygen atoms in total. The third kappa shape index (κ3) is 2.07. The molecule has 4 rings (SSSR count). The van der Waals surface area contributed by atoms with Crippen molar-refractivity contribution < 1.29 is 13.9 Å². The van der Waals surface area contributed by atoms with E-state index in [-0.39, 0.29) is 17.5 Å². The minimum Gasteiger partial charge on any atom is -0.461 e. The lowest BCUT2D eigenvalue weighted by Gasteiger charge is -2.30. The maximum atomic E-state index is 13.7. The molecule has 21 heavy (non-hydrogen) atoms. The highest BCUT2D eigenvalue weighted by atomic mass is 19.1. The van der Waals surface area contributed by atoms with Gasteiger partial charge < -0.3 is 10.1 Å². The van der Waals surface area contributed by atoms with Gasteiger partial charge in [-0.1, -0.05) is 0 Å². The molecule has 0 saturated carbocycles. The molecule has 0 aromatic carbocycles. The molecule has 2 fully saturated rings. The first-order valence-electron chi connectivity index (χ1n) is 7.32. The van der Waals surface area contributed by atoms with Crippen LogP contribution in [0.3, 0.4) is 0 Å². The number of hydrogen-bond acceptors (Lipinski definition) is 5. The Morgan fingerprint density at radius 3 is 3.38 bits per heavy atom. The summed E-state index contributed by atoms with van der Waals surface area (Å²) >= 11 is 0. The molecular weight excluding hydrogens is 275 g/mol. The van der Waals surface area contributed by atoms with Gasteiger partial charge in [0.25, 0.3) is 5.91 Å². The van der Waals surface area contributed by atoms with Gasteiger partial charge in [0.1, 0.15) is 12.8 Å². The lowest BCUT2D eigenvalue weighted by Crippen LogP contribution is -2.43. The highest BCUT2D eigenvalue weighted by Crippen LogP contribution is 2.40. The maximum absolute atomic E-state index is 13.7. The van der Waals surface area contributed by atoms with Crippen LogP contribution in [0.1, 0.15) is 35.3 Å². The van der Waals surface area contributed by atoms with Crippen LogP contribution in [0.2, 0.25) is 0 Å². The SMILES string of the molecule is O=C1NCc2nc(OC[C@@]34CCCN3C[C@H](F)C4)ncc21. The summed E-state index contributed by atoms with van der Waals surface area (Å²) in [6.45, 7) is 2.27. The Hall–Kier alpha value is -1.76. The zero-order chi connectivity index (χ0) is 14.4. The number of alkyl halides is 1. The van der Waals surface area contributed by atoms with E-state index >= 15 is 0 Å². The summed E-state index contributed by atoms with van der Waals surface area (Å²) in [5.74, 6) is -0.145. The van der Waals surface area contributed by atoms with Crippen molar-refractivity contribution in [2.24, 2.45) is 0 Å². The lowest BCUT2D eigenvalue weighted by molar-refractivity contribution is 0.0965. The van der Waals surface area contributed by atoms with Crippen LogP contribution in [0.4, 0.5) is 4.39 Å². The molecule has 0 radical (unpaired) electrons. The van der Waals surface area contributed by atoms with Crippen molar-refractivity contribution in [2.45, 2.75) is 37.5 Å². The fraction of sp³-hybridized carbons (Fsp3) is 0.643. The third-order valence-electron chi connectivity index (χ3n) is 4.74. The number of nitrogens with one attached hydrogen (secondary N) is 1. The van der Waals surface area contributed by atoms with Gasteiger partial charge in [-0.25, -0.2) is 9.37 Å². The minimum atomic E-state index is -0.767. The molecule has 2 atom stereocenters. The van der Waals surface area contributed by atoms with E-state index in [1.54, 1.807) is 0 Å². The molecule has 112 valence electrons. The monoisotopic (exact) mass is 292 g/mol. The Morgan fingerprint density at radius 2 is 2.48 bits per heavy atom. The van der Waals surface area contributed by atoms with Crippen molar-refractivity contribution in [3.63, 3.8) is 0 Å². The van der Waals surface area contributed by atoms with Gasteiger partial charge in [-0.2, -0.15) is 4.98 Å². The summed E-state index contributed by atoms with van der Waals surface area (Å²) in [5.41, 5.74) is 0.976. The summed E-state index contributed by atoms with van der Waals surface area (Å²) in [6.07, 6.45) is 3.30. The molecule has 2 saturated heterocycles. The number of aromatic nitrogens is 2. The fourth-order valence-corrected chi connectivity index (χ4v) is 3.70. The average molecular weight is 292 g/mol. The van der Waals surface area contributed by atoms with Crippen LogP contribution in [0, 0.1) is 0 Å². The Labute approximate surface area is 121 Å². The van der Waals surface area contributed by atoms with Crippen molar-refractivity contribution >= 4 is 5.91 Å². The van der Waals surface area contributed by atoms with Gasteiger partial charge in [0.15, 0.2) is 0 Å². The van der Waals surface area contributed by atoms with Crippen molar-refractivity contribution in [3.8, 4) is 6.01 Å². The summed E-state index contributed by atoms with van der Waals surface area (Å²) < 4.78 is 19.4. The lowest BCUT2D eigenvalue weighted by atomic mass is 9.95. The molecule has 0 spiro atoms. The predicted octanol–water partition coefficient (Wildman–Crippen LogP) is 0.675. The highest BCUT2D eigenvalue weighted by Gasteiger charge is 2.49. The van der Waals surface area contributed by atoms with E-state index in [1.165, 1.54) is 6.20 Å². The molecule has 0 aliphatic carbocycles. The second-order valence-electron chi connectivity index (χ2n) is 6.06. The molecular formula is C14H17FN4O2. The quantitative estimate of drug-likeness (QED) is 0.887. The minimum absolute atomic E-state index is 0.145. The highest BCUT2D eigenvalue weighted by molar-refractivity contribution is 5.97. The topological polar surface area (TPSA) is 67.3 Å². The standard InChI is InChI=1S/C14H17FN4O2/c15-9-4-14(2-1-3-19(14)7-9)8-21-13-17-5-10-11(18-13)6-16-12(10)20/h5,9H,1-4,6-8H2,(H,16,20)/t9-,14+/m1/s1. The van der Waals surface area contributed by atoms with Crippen molar-refractivity contribution in [3.05, 3.63) is 17.5 Å². The first-order valence-corrected chi connectivity index (χ1v) is 7.32. The van der Waals surface area contributed by atoms with Crippen molar-refractivity contribution in [2.75, 3.05) is 19.7 Å². The third-order valence-corrected chi connectivity index (χ3v) is 4.74. The Kier molecular flexibility index (Phi) is 2.85. The Morgan fingerprint density at radius 1 is 1.57 bits per heavy atom. The maximum Gasteiger partial charge on any atom is 0.316 e. The van der Waals surface area contributed by atoms with Crippen LogP contribution in [-0.2, 0) is 6.54 Å². The van der Waals surface area contributed by atoms with E-state index < -0.39 is 6.17 Å². The molecule has 1 aromatic heterocycles. The summed E-state index contributed by atoms with van der Waals surface area (Å²) in [4.78, 5) is 22.0. The summed E-state index contributed by atoms with van der Waals surface area (Å²) in [6, 6.07) is 0.272. The molecule has 1 aromatic rings. The normalized spacial score (nSPS) is 31.1. The number of rotatable bonds is 3. The fourth-order valence-electron chi connectivity index (χ4n) is 3.70. The Balaban J connectivity index is 1.49. The largest absolute Gasteiger partial charge is 0.461 e. The molecule has 4 heterocycles. The average Bonchev–Trinajstić information content (AvgIpc) is 3.09. The van der Waals surface area contributed by atoms with Gasteiger partial charge in [0, 0.05) is 19.2 Å². The van der Waals surface area contributed by atoms with Crippen LogP contribution in [0.5, 0.6) is 6.01 Å². The number of carbonyl (C=O) groups excluding carboxylic acids is 1. The van der Waals surface area contributed by atoms with E-state index in [2.05, 4.69) is 20.2 Å². The molecule has 0 bridgehead atoms. The smallest absolute Gasteiger partial charge is 0.316 e. The first-order chi connectivity index (χ1) is 10.2. The summed E-state index contributed by atoms with van der Waals surface area (Å²) in [7, 11) is 0. The van der Waals surface area contributed by atoms with Crippen LogP contribution in [0.25, 0.3) is 0 Å². The molecule has 7 heteroatoms. The number of carbonyl (C=O) groups is 1. The van der Waals surface area contributed by atoms with Crippen LogP contribution in [-0.4, -0.2) is 52.2 Å². The second-order valence-corrected chi connectivity index (χ2v) is 6.06. The second kappa shape index (κ2) is 4.62. The van der Waals surface area contributed by atoms with Gasteiger partial charge >= 0.3 is 6.01 Å². The number of ether oxygens (including phenoxy) is 1. The predicted molar refractivity (Wildman–Crippen MR) is 71.7 cm³/mol. The van der Waals surface area contributed by atoms with E-state index in [0.29, 0.717) is 37.4 Å². The van der Waals surface area contributed by atoms with Gasteiger partial charge in [0.05, 0.1) is 23.3 Å². The van der Waals surface area contributed by atoms with Crippen LogP contribution in [0.15, 0.2) is 6.20 Å². The van der Waals surface area contributed by atoms with Gasteiger partial charge in [-0.3, -0.25) is 9.69 Å². The van der Waals surface area contributed by atoms with E-state index in [1.807, 2.05) is 0 Å². The number of fused-ring (bicyclic) bond motifs is 2. The number of nitrogens with zero attached hydrogens (tertiary/aromatic N) is 3. The van der Waals surface area contributed by atoms with Crippen LogP contribution >= 0.6 is 0 Å². The molecule has 3 aliphatic rings. The van der Waals surface area contributed by atoms with E-state index in [0.717, 1.165) is 19.4 Å². The zero-order valence-electron chi connectivity index (χ0n) is 11.6. The van der Waals surface area contributed by atoms with Crippen molar-refractivity contribution in [1.29, 1.82) is 0 Å². The van der Waals surface area contributed by atoms with Crippen molar-refractivity contribution in [1.82, 2.24) is 20.2 Å². The first kappa shape index (κ1) is 12.9. The van der Waals surface area contributed by atoms with E-state index in [4.69, 9.17) is 4.74 Å². The van der Waals surface area contributed by atoms with Gasteiger partial charge in [0.2, 0.25) is 0 Å². The molecule has 3 aliphatic heterocycles. The van der Waals surface area contributed by atoms with E-state index in [9.17, 15) is 9.18 Å². The molecule has 0 unspecified atom stereocenters. The zero-order valence-corrected chi connectivity index (χ0v) is 11.6. The molecule has 1 N–H and O–H groups in total. The number of hydrogen-bond donors (Lipinski definition) is 1.